The largest absolute Gasteiger partial charge is 0.744 e. The van der Waals surface area contributed by atoms with Crippen molar-refractivity contribution in [2.45, 2.75) is 24.7 Å². The Morgan fingerprint density at radius 2 is 1.61 bits per heavy atom. The lowest BCUT2D eigenvalue weighted by molar-refractivity contribution is -0.659. The number of rotatable bonds is 4. The molecule has 2 aromatic carbocycles. The lowest BCUT2D eigenvalue weighted by Gasteiger charge is -2.16. The number of hydrogen-bond donors (Lipinski definition) is 0. The zero-order valence-electron chi connectivity index (χ0n) is 17.8. The molecule has 3 aromatic rings. The van der Waals surface area contributed by atoms with E-state index in [1.165, 1.54) is 30.7 Å². The molecule has 0 saturated carbocycles. The van der Waals surface area contributed by atoms with Crippen LogP contribution in [0.4, 0.5) is 17.3 Å². The van der Waals surface area contributed by atoms with Gasteiger partial charge in [-0.2, -0.15) is 0 Å². The normalized spacial score (nSPS) is 14.0. The van der Waals surface area contributed by atoms with Gasteiger partial charge in [-0.05, 0) is 61.3 Å². The average Bonchev–Trinajstić information content (AvgIpc) is 3.38. The van der Waals surface area contributed by atoms with Crippen LogP contribution in [0.3, 0.4) is 0 Å². The molecule has 0 radical (unpaired) electrons. The molecule has 0 N–H and O–H groups in total. The molecule has 2 heterocycles. The maximum Gasteiger partial charge on any atom is 0.403 e. The number of hydrogen-bond acceptors (Lipinski definition) is 7. The van der Waals surface area contributed by atoms with Gasteiger partial charge in [-0.25, -0.2) is 13.0 Å². The van der Waals surface area contributed by atoms with Gasteiger partial charge < -0.3 is 9.45 Å². The van der Waals surface area contributed by atoms with Crippen LogP contribution in [-0.4, -0.2) is 35.8 Å². The van der Waals surface area contributed by atoms with E-state index in [9.17, 15) is 13.0 Å². The summed E-state index contributed by atoms with van der Waals surface area (Å²) in [5, 5.41) is 12.6. The average molecular weight is 443 g/mol. The van der Waals surface area contributed by atoms with Crippen LogP contribution < -0.4 is 9.47 Å². The van der Waals surface area contributed by atoms with E-state index in [1.54, 1.807) is 23.1 Å². The zero-order chi connectivity index (χ0) is 22.4. The highest BCUT2D eigenvalue weighted by molar-refractivity contribution is 7.85. The molecule has 0 amide bonds. The molecule has 0 atom stereocenters. The molecular formula is C21H26N6O3S. The number of aryl methyl sites for hydroxylation is 3. The van der Waals surface area contributed by atoms with Crippen LogP contribution in [-0.2, 0) is 24.2 Å². The molecule has 1 saturated heterocycles. The molecule has 31 heavy (non-hydrogen) atoms. The summed E-state index contributed by atoms with van der Waals surface area (Å²) < 4.78 is 34.7. The second-order valence-corrected chi connectivity index (χ2v) is 8.72. The third-order valence-corrected chi connectivity index (χ3v) is 5.74. The summed E-state index contributed by atoms with van der Waals surface area (Å²) in [6, 6.07) is 14.0. The van der Waals surface area contributed by atoms with E-state index in [4.69, 9.17) is 0 Å². The summed E-state index contributed by atoms with van der Waals surface area (Å²) in [4.78, 5) is 2.23. The second kappa shape index (κ2) is 9.80. The van der Waals surface area contributed by atoms with Crippen LogP contribution in [0.25, 0.3) is 0 Å². The maximum atomic E-state index is 10.4. The Balaban J connectivity index is 0.000000210. The van der Waals surface area contributed by atoms with Crippen molar-refractivity contribution in [2.75, 3.05) is 18.0 Å². The standard InChI is InChI=1S/C14H19N6.C7H8O3S/c1-18-11-15-19(2)14(18)17-16-12-5-7-13(8-6-12)20-9-3-4-10-20;1-6-2-4-7(5-3-6)11(8,9)10/h5-8,11H,3-4,9-10H2,1-2H3;2-5H,1H3,(H,8,9,10)/q+1;/p-1. The van der Waals surface area contributed by atoms with E-state index < -0.39 is 10.1 Å². The van der Waals surface area contributed by atoms with Gasteiger partial charge in [-0.15, -0.1) is 4.68 Å². The summed E-state index contributed by atoms with van der Waals surface area (Å²) >= 11 is 0. The molecule has 164 valence electrons. The Bertz CT molecular complexity index is 1110. The van der Waals surface area contributed by atoms with Gasteiger partial charge >= 0.3 is 5.95 Å². The number of nitrogens with zero attached hydrogens (tertiary/aromatic N) is 6. The lowest BCUT2D eigenvalue weighted by atomic mass is 10.2. The van der Waals surface area contributed by atoms with Crippen LogP contribution in [0.5, 0.6) is 0 Å². The van der Waals surface area contributed by atoms with Crippen molar-refractivity contribution in [1.82, 2.24) is 9.78 Å². The van der Waals surface area contributed by atoms with E-state index in [-0.39, 0.29) is 4.90 Å². The minimum atomic E-state index is -4.27. The molecule has 1 fully saturated rings. The van der Waals surface area contributed by atoms with Crippen LogP contribution in [0, 0.1) is 6.92 Å². The first-order valence-electron chi connectivity index (χ1n) is 9.91. The van der Waals surface area contributed by atoms with Crippen molar-refractivity contribution in [3.8, 4) is 0 Å². The summed E-state index contributed by atoms with van der Waals surface area (Å²) in [7, 11) is -0.517. The van der Waals surface area contributed by atoms with E-state index >= 15 is 0 Å². The van der Waals surface area contributed by atoms with Crippen LogP contribution in [0.15, 0.2) is 70.0 Å². The highest BCUT2D eigenvalue weighted by Gasteiger charge is 2.13. The van der Waals surface area contributed by atoms with Crippen LogP contribution >= 0.6 is 0 Å². The molecule has 0 spiro atoms. The molecule has 1 aliphatic rings. The van der Waals surface area contributed by atoms with Crippen molar-refractivity contribution in [3.63, 3.8) is 0 Å². The molecule has 0 bridgehead atoms. The Labute approximate surface area is 182 Å². The molecule has 9 nitrogen and oxygen atoms in total. The number of aromatic nitrogens is 3. The van der Waals surface area contributed by atoms with Gasteiger partial charge in [0, 0.05) is 23.9 Å². The smallest absolute Gasteiger partial charge is 0.403 e. The van der Waals surface area contributed by atoms with E-state index in [0.29, 0.717) is 5.95 Å². The highest BCUT2D eigenvalue weighted by atomic mass is 32.2. The number of benzene rings is 2. The number of azo groups is 1. The monoisotopic (exact) mass is 442 g/mol. The van der Waals surface area contributed by atoms with Crippen molar-refractivity contribution >= 4 is 27.4 Å². The van der Waals surface area contributed by atoms with Crippen LogP contribution in [0.1, 0.15) is 18.4 Å². The summed E-state index contributed by atoms with van der Waals surface area (Å²) in [6.45, 7) is 4.14. The van der Waals surface area contributed by atoms with Crippen molar-refractivity contribution < 1.29 is 17.5 Å². The predicted octanol–water partition coefficient (Wildman–Crippen LogP) is 3.16. The third kappa shape index (κ3) is 6.19. The van der Waals surface area contributed by atoms with Gasteiger partial charge in [0.15, 0.2) is 0 Å². The quantitative estimate of drug-likeness (QED) is 0.350. The van der Waals surface area contributed by atoms with Gasteiger partial charge in [0.2, 0.25) is 6.33 Å². The second-order valence-electron chi connectivity index (χ2n) is 7.34. The Kier molecular flexibility index (Phi) is 7.13. The van der Waals surface area contributed by atoms with Crippen LogP contribution in [0.2, 0.25) is 0 Å². The fourth-order valence-electron chi connectivity index (χ4n) is 3.13. The fourth-order valence-corrected chi connectivity index (χ4v) is 3.60. The minimum Gasteiger partial charge on any atom is -0.744 e. The minimum absolute atomic E-state index is 0.178. The molecule has 1 aliphatic heterocycles. The number of anilines is 1. The zero-order valence-corrected chi connectivity index (χ0v) is 18.7. The maximum absolute atomic E-state index is 10.4. The Hall–Kier alpha value is -3.11. The Morgan fingerprint density at radius 3 is 2.13 bits per heavy atom. The summed E-state index contributed by atoms with van der Waals surface area (Å²) in [5.41, 5.74) is 3.05. The van der Waals surface area contributed by atoms with E-state index in [2.05, 4.69) is 32.4 Å². The fraction of sp³-hybridized carbons (Fsp3) is 0.333. The molecule has 0 unspecified atom stereocenters. The van der Waals surface area contributed by atoms with Gasteiger partial charge in [-0.3, -0.25) is 0 Å². The molecular weight excluding hydrogens is 416 g/mol. The molecule has 1 aromatic heterocycles. The summed E-state index contributed by atoms with van der Waals surface area (Å²) in [6.07, 6.45) is 4.29. The van der Waals surface area contributed by atoms with Crippen molar-refractivity contribution in [2.24, 2.45) is 24.3 Å². The molecule has 10 heteroatoms. The van der Waals surface area contributed by atoms with Gasteiger partial charge in [-0.1, -0.05) is 22.8 Å². The van der Waals surface area contributed by atoms with E-state index in [1.807, 2.05) is 37.7 Å². The molecule has 0 aliphatic carbocycles. The third-order valence-electron chi connectivity index (χ3n) is 4.89. The van der Waals surface area contributed by atoms with Gasteiger partial charge in [0.05, 0.1) is 24.7 Å². The van der Waals surface area contributed by atoms with Crippen molar-refractivity contribution in [1.29, 1.82) is 0 Å². The summed E-state index contributed by atoms with van der Waals surface area (Å²) in [5.74, 6) is 0.716. The first-order valence-corrected chi connectivity index (χ1v) is 11.3. The first-order chi connectivity index (χ1) is 14.7. The van der Waals surface area contributed by atoms with Gasteiger partial charge in [0.25, 0.3) is 0 Å². The molecule has 4 rings (SSSR count). The van der Waals surface area contributed by atoms with Crippen molar-refractivity contribution in [3.05, 3.63) is 60.4 Å². The SMILES string of the molecule is Cc1ccc(S(=O)(=O)[O-])cc1.Cn1nc[n+](C)c1N=Nc1ccc(N2CCCC2)cc1. The van der Waals surface area contributed by atoms with E-state index in [0.717, 1.165) is 24.3 Å². The predicted molar refractivity (Wildman–Crippen MR) is 116 cm³/mol. The topological polar surface area (TPSA) is 107 Å². The Morgan fingerprint density at radius 1 is 1.00 bits per heavy atom. The van der Waals surface area contributed by atoms with Gasteiger partial charge in [0.1, 0.15) is 10.1 Å². The lowest BCUT2D eigenvalue weighted by Crippen LogP contribution is -2.25. The highest BCUT2D eigenvalue weighted by Crippen LogP contribution is 2.24. The first kappa shape index (κ1) is 22.6.